The van der Waals surface area contributed by atoms with Crippen molar-refractivity contribution in [2.45, 2.75) is 58.8 Å². The fourth-order valence-electron chi connectivity index (χ4n) is 5.45. The number of hydrogen-bond donors (Lipinski definition) is 0. The fourth-order valence-corrected chi connectivity index (χ4v) is 5.45. The van der Waals surface area contributed by atoms with E-state index in [0.717, 1.165) is 17.8 Å². The molecule has 1 nitrogen and oxygen atoms in total. The lowest BCUT2D eigenvalue weighted by molar-refractivity contribution is -0.0318. The molecule has 4 fully saturated rings. The maximum atomic E-state index is 9.10. The van der Waals surface area contributed by atoms with E-state index in [1.807, 2.05) is 0 Å². The van der Waals surface area contributed by atoms with E-state index in [-0.39, 0.29) is 0 Å². The summed E-state index contributed by atoms with van der Waals surface area (Å²) in [6.07, 6.45) is 9.31. The van der Waals surface area contributed by atoms with E-state index in [4.69, 9.17) is 5.26 Å². The molecule has 0 amide bonds. The molecule has 92 valence electrons. The second kappa shape index (κ2) is 3.87. The van der Waals surface area contributed by atoms with Crippen LogP contribution in [0.15, 0.2) is 11.1 Å². The predicted octanol–water partition coefficient (Wildman–Crippen LogP) is 4.45. The van der Waals surface area contributed by atoms with Crippen molar-refractivity contribution >= 4 is 0 Å². The van der Waals surface area contributed by atoms with Gasteiger partial charge >= 0.3 is 0 Å². The number of nitriles is 1. The third kappa shape index (κ3) is 1.73. The van der Waals surface area contributed by atoms with Crippen molar-refractivity contribution in [1.82, 2.24) is 0 Å². The molecule has 4 bridgehead atoms. The largest absolute Gasteiger partial charge is 0.198 e. The van der Waals surface area contributed by atoms with Crippen molar-refractivity contribution < 1.29 is 0 Å². The summed E-state index contributed by atoms with van der Waals surface area (Å²) < 4.78 is 0. The topological polar surface area (TPSA) is 23.8 Å². The summed E-state index contributed by atoms with van der Waals surface area (Å²) in [5, 5.41) is 9.10. The molecule has 4 rings (SSSR count). The van der Waals surface area contributed by atoms with E-state index < -0.39 is 0 Å². The monoisotopic (exact) mass is 229 g/mol. The number of hydrogen-bond acceptors (Lipinski definition) is 1. The zero-order valence-electron chi connectivity index (χ0n) is 11.1. The molecule has 0 unspecified atom stereocenters. The Bertz CT molecular complexity index is 357. The van der Waals surface area contributed by atoms with Gasteiger partial charge in [-0.3, -0.25) is 0 Å². The summed E-state index contributed by atoms with van der Waals surface area (Å²) >= 11 is 0. The Kier molecular flexibility index (Phi) is 2.58. The maximum absolute atomic E-state index is 9.10. The molecule has 0 radical (unpaired) electrons. The summed E-state index contributed by atoms with van der Waals surface area (Å²) in [6, 6.07) is 2.42. The number of nitrogens with zero attached hydrogens (tertiary/aromatic N) is 1. The van der Waals surface area contributed by atoms with Gasteiger partial charge < -0.3 is 0 Å². The Labute approximate surface area is 105 Å². The fraction of sp³-hybridized carbons (Fsp3) is 0.812. The van der Waals surface area contributed by atoms with E-state index in [1.165, 1.54) is 49.7 Å². The van der Waals surface area contributed by atoms with Crippen LogP contribution in [-0.2, 0) is 0 Å². The van der Waals surface area contributed by atoms with Crippen LogP contribution in [0.3, 0.4) is 0 Å². The average molecular weight is 229 g/mol. The summed E-state index contributed by atoms with van der Waals surface area (Å²) in [5.41, 5.74) is 3.39. The van der Waals surface area contributed by atoms with E-state index >= 15 is 0 Å². The van der Waals surface area contributed by atoms with E-state index in [2.05, 4.69) is 19.9 Å². The Morgan fingerprint density at radius 2 is 1.53 bits per heavy atom. The van der Waals surface area contributed by atoms with E-state index in [1.54, 1.807) is 0 Å². The van der Waals surface area contributed by atoms with Crippen molar-refractivity contribution in [2.24, 2.45) is 23.2 Å². The Morgan fingerprint density at radius 1 is 1.06 bits per heavy atom. The molecule has 0 aromatic rings. The van der Waals surface area contributed by atoms with Gasteiger partial charge in [0.25, 0.3) is 0 Å². The highest BCUT2D eigenvalue weighted by molar-refractivity contribution is 5.27. The lowest BCUT2D eigenvalue weighted by Gasteiger charge is -2.58. The van der Waals surface area contributed by atoms with Crippen LogP contribution in [0, 0.1) is 34.5 Å². The van der Waals surface area contributed by atoms with Gasteiger partial charge in [-0.25, -0.2) is 0 Å². The molecule has 0 aliphatic heterocycles. The summed E-state index contributed by atoms with van der Waals surface area (Å²) in [5.74, 6) is 2.94. The second-order valence-corrected chi connectivity index (χ2v) is 7.01. The summed E-state index contributed by atoms with van der Waals surface area (Å²) in [6.45, 7) is 4.43. The molecule has 1 heteroatoms. The molecule has 4 aliphatic rings. The minimum Gasteiger partial charge on any atom is -0.198 e. The molecular formula is C16H23N. The normalized spacial score (nSPS) is 42.3. The van der Waals surface area contributed by atoms with Crippen LogP contribution in [-0.4, -0.2) is 0 Å². The standard InChI is InChI=1S/C16H23N/c1-11(2)15(3-4-17)16-8-12-5-13(9-16)7-14(6-12)10-16/h12-14H,3,5-10H2,1-2H3. The first-order valence-electron chi connectivity index (χ1n) is 7.17. The van der Waals surface area contributed by atoms with Gasteiger partial charge in [0.15, 0.2) is 0 Å². The Balaban J connectivity index is 1.96. The van der Waals surface area contributed by atoms with Crippen LogP contribution in [0.2, 0.25) is 0 Å². The van der Waals surface area contributed by atoms with Crippen molar-refractivity contribution in [3.63, 3.8) is 0 Å². The second-order valence-electron chi connectivity index (χ2n) is 7.01. The lowest BCUT2D eigenvalue weighted by Crippen LogP contribution is -2.47. The van der Waals surface area contributed by atoms with Gasteiger partial charge in [-0.05, 0) is 75.5 Å². The van der Waals surface area contributed by atoms with Crippen molar-refractivity contribution in [1.29, 1.82) is 5.26 Å². The zero-order valence-corrected chi connectivity index (χ0v) is 11.1. The molecule has 4 aliphatic carbocycles. The smallest absolute Gasteiger partial charge is 0.0666 e. The molecular weight excluding hydrogens is 206 g/mol. The van der Waals surface area contributed by atoms with Crippen LogP contribution < -0.4 is 0 Å². The van der Waals surface area contributed by atoms with Crippen LogP contribution in [0.25, 0.3) is 0 Å². The maximum Gasteiger partial charge on any atom is 0.0666 e. The van der Waals surface area contributed by atoms with Gasteiger partial charge in [0, 0.05) is 0 Å². The first-order chi connectivity index (χ1) is 8.13. The number of allylic oxidation sites excluding steroid dienone is 2. The third-order valence-electron chi connectivity index (χ3n) is 5.54. The molecule has 0 saturated heterocycles. The molecule has 0 spiro atoms. The van der Waals surface area contributed by atoms with Crippen molar-refractivity contribution in [3.05, 3.63) is 11.1 Å². The quantitative estimate of drug-likeness (QED) is 0.642. The molecule has 0 N–H and O–H groups in total. The average Bonchev–Trinajstić information content (AvgIpc) is 2.23. The van der Waals surface area contributed by atoms with Crippen LogP contribution in [0.4, 0.5) is 0 Å². The van der Waals surface area contributed by atoms with Gasteiger partial charge in [-0.2, -0.15) is 5.26 Å². The van der Waals surface area contributed by atoms with Gasteiger partial charge in [0.05, 0.1) is 12.5 Å². The van der Waals surface area contributed by atoms with Crippen LogP contribution in [0.5, 0.6) is 0 Å². The third-order valence-corrected chi connectivity index (χ3v) is 5.54. The van der Waals surface area contributed by atoms with Gasteiger partial charge in [-0.15, -0.1) is 0 Å². The van der Waals surface area contributed by atoms with E-state index in [9.17, 15) is 0 Å². The first-order valence-corrected chi connectivity index (χ1v) is 7.17. The van der Waals surface area contributed by atoms with Crippen LogP contribution in [0.1, 0.15) is 58.8 Å². The first kappa shape index (κ1) is 11.3. The minimum absolute atomic E-state index is 0.448. The lowest BCUT2D eigenvalue weighted by atomic mass is 9.47. The minimum atomic E-state index is 0.448. The molecule has 4 saturated carbocycles. The Hall–Kier alpha value is -0.770. The SMILES string of the molecule is CC(C)=C(CC#N)C12CC3CC(CC(C3)C1)C2. The van der Waals surface area contributed by atoms with Crippen molar-refractivity contribution in [3.8, 4) is 6.07 Å². The summed E-state index contributed by atoms with van der Waals surface area (Å²) in [4.78, 5) is 0. The van der Waals surface area contributed by atoms with Gasteiger partial charge in [0.2, 0.25) is 0 Å². The van der Waals surface area contributed by atoms with Gasteiger partial charge in [0.1, 0.15) is 0 Å². The predicted molar refractivity (Wildman–Crippen MR) is 69.2 cm³/mol. The highest BCUT2D eigenvalue weighted by Gasteiger charge is 2.52. The molecule has 0 atom stereocenters. The van der Waals surface area contributed by atoms with Gasteiger partial charge in [-0.1, -0.05) is 11.1 Å². The van der Waals surface area contributed by atoms with Crippen LogP contribution >= 0.6 is 0 Å². The molecule has 17 heavy (non-hydrogen) atoms. The number of rotatable bonds is 2. The Morgan fingerprint density at radius 3 is 1.88 bits per heavy atom. The molecule has 0 aromatic carbocycles. The van der Waals surface area contributed by atoms with E-state index in [0.29, 0.717) is 11.8 Å². The molecule has 0 heterocycles. The van der Waals surface area contributed by atoms with Crippen molar-refractivity contribution in [2.75, 3.05) is 0 Å². The molecule has 0 aromatic heterocycles. The highest BCUT2D eigenvalue weighted by Crippen LogP contribution is 2.63. The zero-order chi connectivity index (χ0) is 12.0. The highest BCUT2D eigenvalue weighted by atomic mass is 14.6. The summed E-state index contributed by atoms with van der Waals surface area (Å²) in [7, 11) is 0.